The van der Waals surface area contributed by atoms with Crippen LogP contribution < -0.4 is 5.69 Å². The maximum Gasteiger partial charge on any atom is 0.329 e. The molecule has 226 valence electrons. The summed E-state index contributed by atoms with van der Waals surface area (Å²) in [6.07, 6.45) is -10.1. The van der Waals surface area contributed by atoms with Gasteiger partial charge in [-0.1, -0.05) is 38.8 Å². The zero-order chi connectivity index (χ0) is 29.0. The minimum Gasteiger partial charge on any atom is -0.388 e. The number of aliphatic hydroxyl groups is 6. The summed E-state index contributed by atoms with van der Waals surface area (Å²) in [6, 6.07) is 6.88. The number of fused-ring (bicyclic) bond motifs is 1. The van der Waals surface area contributed by atoms with Crippen molar-refractivity contribution in [3.8, 4) is 0 Å². The normalized spacial score (nSPS) is 34.9. The van der Waals surface area contributed by atoms with E-state index in [2.05, 4.69) is 0 Å². The molecule has 0 aliphatic carbocycles. The van der Waals surface area contributed by atoms with Gasteiger partial charge in [0.15, 0.2) is 12.6 Å². The van der Waals surface area contributed by atoms with Crippen molar-refractivity contribution in [1.29, 1.82) is 0 Å². The minimum atomic E-state index is -1.62. The molecular weight excluding hydrogens is 528 g/mol. The van der Waals surface area contributed by atoms with E-state index in [9.17, 15) is 35.4 Å². The molecule has 2 fully saturated rings. The Morgan fingerprint density at radius 3 is 1.48 bits per heavy atom. The predicted molar refractivity (Wildman–Crippen MR) is 141 cm³/mol. The summed E-state index contributed by atoms with van der Waals surface area (Å²) in [6.45, 7) is 4.18. The molecule has 2 aromatic rings. The lowest BCUT2D eigenvalue weighted by atomic mass is 9.98. The molecule has 2 unspecified atom stereocenters. The van der Waals surface area contributed by atoms with Crippen molar-refractivity contribution >= 4 is 11.0 Å². The fourth-order valence-corrected chi connectivity index (χ4v) is 5.24. The Hall–Kier alpha value is -1.91. The van der Waals surface area contributed by atoms with Crippen LogP contribution in [0.4, 0.5) is 0 Å². The van der Waals surface area contributed by atoms with Gasteiger partial charge in [0.05, 0.1) is 24.1 Å². The van der Waals surface area contributed by atoms with Gasteiger partial charge in [0.2, 0.25) is 0 Å². The Kier molecular flexibility index (Phi) is 10.7. The number of rotatable bonds is 12. The first-order chi connectivity index (χ1) is 19.2. The number of imidazole rings is 1. The van der Waals surface area contributed by atoms with Crippen molar-refractivity contribution in [1.82, 2.24) is 9.13 Å². The van der Waals surface area contributed by atoms with Gasteiger partial charge in [-0.25, -0.2) is 4.79 Å². The van der Waals surface area contributed by atoms with E-state index in [1.807, 2.05) is 13.8 Å². The second kappa shape index (κ2) is 13.8. The fourth-order valence-electron chi connectivity index (χ4n) is 5.24. The zero-order valence-corrected chi connectivity index (χ0v) is 22.9. The first-order valence-electron chi connectivity index (χ1n) is 14.0. The molecule has 0 bridgehead atoms. The standard InChI is InChI=1S/C27H42N2O11/c1-3-5-11-37-23-19(30)17(39-25(34)21(23)32)13-28-15-9-7-8-10-16(15)29(27(28)36)14-18-20(31)24(38-12-6-4-2)22(33)26(35)40-18/h7-10,17-26,30-35H,3-6,11-14H2,1-2H3/t17-,18-,19-,20-,21-,22-,23+,24+,25?,26?/m1/s1. The van der Waals surface area contributed by atoms with Gasteiger partial charge in [0, 0.05) is 13.2 Å². The van der Waals surface area contributed by atoms with Gasteiger partial charge in [0.25, 0.3) is 0 Å². The van der Waals surface area contributed by atoms with E-state index >= 15 is 0 Å². The zero-order valence-electron chi connectivity index (χ0n) is 22.9. The van der Waals surface area contributed by atoms with Crippen molar-refractivity contribution in [2.75, 3.05) is 13.2 Å². The lowest BCUT2D eigenvalue weighted by Gasteiger charge is -2.40. The molecule has 6 N–H and O–H groups in total. The van der Waals surface area contributed by atoms with Crippen LogP contribution in [0.1, 0.15) is 39.5 Å². The molecule has 2 saturated heterocycles. The molecular formula is C27H42N2O11. The van der Waals surface area contributed by atoms with Crippen LogP contribution in [0.2, 0.25) is 0 Å². The van der Waals surface area contributed by atoms with Crippen LogP contribution in [0, 0.1) is 0 Å². The molecule has 1 aromatic carbocycles. The Labute approximate surface area is 232 Å². The van der Waals surface area contributed by atoms with Crippen LogP contribution in [-0.2, 0) is 32.0 Å². The number of unbranched alkanes of at least 4 members (excludes halogenated alkanes) is 2. The van der Waals surface area contributed by atoms with Gasteiger partial charge in [-0.2, -0.15) is 0 Å². The van der Waals surface area contributed by atoms with Gasteiger partial charge < -0.3 is 49.6 Å². The molecule has 40 heavy (non-hydrogen) atoms. The summed E-state index contributed by atoms with van der Waals surface area (Å²) in [4.78, 5) is 13.7. The van der Waals surface area contributed by atoms with E-state index in [-0.39, 0.29) is 26.3 Å². The molecule has 1 aromatic heterocycles. The molecule has 13 heteroatoms. The van der Waals surface area contributed by atoms with Crippen LogP contribution >= 0.6 is 0 Å². The molecule has 4 rings (SSSR count). The van der Waals surface area contributed by atoms with Gasteiger partial charge in [-0.15, -0.1) is 0 Å². The average Bonchev–Trinajstić information content (AvgIpc) is 3.20. The molecule has 3 heterocycles. The number of aliphatic hydroxyl groups excluding tert-OH is 6. The van der Waals surface area contributed by atoms with E-state index in [4.69, 9.17) is 18.9 Å². The van der Waals surface area contributed by atoms with E-state index in [1.165, 1.54) is 9.13 Å². The predicted octanol–water partition coefficient (Wildman–Crippen LogP) is -0.948. The lowest BCUT2D eigenvalue weighted by molar-refractivity contribution is -0.292. The summed E-state index contributed by atoms with van der Waals surface area (Å²) in [5.74, 6) is 0. The molecule has 0 spiro atoms. The Balaban J connectivity index is 1.59. The maximum atomic E-state index is 13.7. The van der Waals surface area contributed by atoms with Gasteiger partial charge in [0.1, 0.15) is 48.8 Å². The highest BCUT2D eigenvalue weighted by Crippen LogP contribution is 2.27. The molecule has 10 atom stereocenters. The number of aromatic nitrogens is 2. The smallest absolute Gasteiger partial charge is 0.329 e. The maximum absolute atomic E-state index is 13.7. The molecule has 2 aliphatic heterocycles. The molecule has 2 aliphatic rings. The summed E-state index contributed by atoms with van der Waals surface area (Å²) in [5.41, 5.74) is 0.476. The van der Waals surface area contributed by atoms with Gasteiger partial charge in [-0.05, 0) is 25.0 Å². The van der Waals surface area contributed by atoms with Crippen LogP contribution in [0.15, 0.2) is 29.1 Å². The van der Waals surface area contributed by atoms with E-state index in [0.717, 1.165) is 12.8 Å². The van der Waals surface area contributed by atoms with Crippen LogP contribution in [0.25, 0.3) is 11.0 Å². The Morgan fingerprint density at radius 2 is 1.10 bits per heavy atom. The molecule has 0 amide bonds. The summed E-state index contributed by atoms with van der Waals surface area (Å²) in [5, 5.41) is 63.2. The van der Waals surface area contributed by atoms with Crippen molar-refractivity contribution in [3.63, 3.8) is 0 Å². The van der Waals surface area contributed by atoms with Crippen molar-refractivity contribution < 1.29 is 49.6 Å². The van der Waals surface area contributed by atoms with Crippen LogP contribution in [0.5, 0.6) is 0 Å². The Morgan fingerprint density at radius 1 is 0.700 bits per heavy atom. The summed E-state index contributed by atoms with van der Waals surface area (Å²) >= 11 is 0. The highest BCUT2D eigenvalue weighted by atomic mass is 16.7. The monoisotopic (exact) mass is 570 g/mol. The average molecular weight is 571 g/mol. The third kappa shape index (κ3) is 6.44. The fraction of sp³-hybridized carbons (Fsp3) is 0.741. The third-order valence-electron chi connectivity index (χ3n) is 7.59. The first-order valence-corrected chi connectivity index (χ1v) is 14.0. The summed E-state index contributed by atoms with van der Waals surface area (Å²) in [7, 11) is 0. The molecule has 0 saturated carbocycles. The second-order valence-corrected chi connectivity index (χ2v) is 10.5. The quantitative estimate of drug-likeness (QED) is 0.173. The Bertz CT molecular complexity index is 1060. The number of benzene rings is 1. The minimum absolute atomic E-state index is 0.164. The number of nitrogens with zero attached hydrogens (tertiary/aromatic N) is 2. The van der Waals surface area contributed by atoms with E-state index in [1.54, 1.807) is 24.3 Å². The molecule has 13 nitrogen and oxygen atoms in total. The van der Waals surface area contributed by atoms with E-state index < -0.39 is 67.1 Å². The topological polar surface area (TPSA) is 185 Å². The number of hydrogen-bond acceptors (Lipinski definition) is 11. The lowest BCUT2D eigenvalue weighted by Crippen LogP contribution is -2.60. The highest BCUT2D eigenvalue weighted by molar-refractivity contribution is 5.76. The van der Waals surface area contributed by atoms with Crippen molar-refractivity contribution in [2.24, 2.45) is 0 Å². The van der Waals surface area contributed by atoms with Crippen molar-refractivity contribution in [2.45, 2.75) is 114 Å². The molecule has 0 radical (unpaired) electrons. The second-order valence-electron chi connectivity index (χ2n) is 10.5. The van der Waals surface area contributed by atoms with Gasteiger partial charge >= 0.3 is 5.69 Å². The number of hydrogen-bond donors (Lipinski definition) is 6. The largest absolute Gasteiger partial charge is 0.388 e. The third-order valence-corrected chi connectivity index (χ3v) is 7.59. The number of ether oxygens (including phenoxy) is 4. The van der Waals surface area contributed by atoms with Crippen LogP contribution in [0.3, 0.4) is 0 Å². The highest BCUT2D eigenvalue weighted by Gasteiger charge is 2.46. The van der Waals surface area contributed by atoms with E-state index in [0.29, 0.717) is 23.9 Å². The number of para-hydroxylation sites is 2. The van der Waals surface area contributed by atoms with Gasteiger partial charge in [-0.3, -0.25) is 9.13 Å². The SMILES string of the molecule is CCCCO[C@H]1[C@H](O)[C@@H](Cn2c(=O)n(C[C@H]3OC(O)[C@H](O)[C@@H](OCCCC)[C@@H]3O)c3ccccc32)OC(O)[C@@H]1O. The van der Waals surface area contributed by atoms with Crippen molar-refractivity contribution in [3.05, 3.63) is 34.7 Å². The summed E-state index contributed by atoms with van der Waals surface area (Å²) < 4.78 is 25.0. The van der Waals surface area contributed by atoms with Crippen LogP contribution in [-0.4, -0.2) is 114 Å². The first kappa shape index (κ1) is 31.0.